The SMILES string of the molecule is CC(NC(=O)CCBr)C1CCOCC1. The predicted molar refractivity (Wildman–Crippen MR) is 59.6 cm³/mol. The average molecular weight is 264 g/mol. The van der Waals surface area contributed by atoms with Crippen molar-refractivity contribution in [2.24, 2.45) is 5.92 Å². The molecule has 1 fully saturated rings. The van der Waals surface area contributed by atoms with Crippen LogP contribution < -0.4 is 5.32 Å². The van der Waals surface area contributed by atoms with Crippen LogP contribution in [0.25, 0.3) is 0 Å². The lowest BCUT2D eigenvalue weighted by atomic mass is 9.93. The largest absolute Gasteiger partial charge is 0.381 e. The summed E-state index contributed by atoms with van der Waals surface area (Å²) in [5.74, 6) is 0.726. The number of carbonyl (C=O) groups excluding carboxylic acids is 1. The topological polar surface area (TPSA) is 38.3 Å². The normalized spacial score (nSPS) is 20.4. The summed E-state index contributed by atoms with van der Waals surface area (Å²) in [6.07, 6.45) is 2.69. The van der Waals surface area contributed by atoms with E-state index in [0.29, 0.717) is 12.3 Å². The highest BCUT2D eigenvalue weighted by atomic mass is 79.9. The van der Waals surface area contributed by atoms with Crippen LogP contribution in [-0.4, -0.2) is 30.5 Å². The molecule has 0 aliphatic carbocycles. The van der Waals surface area contributed by atoms with E-state index in [0.717, 1.165) is 31.4 Å². The van der Waals surface area contributed by atoms with Crippen LogP contribution in [0.15, 0.2) is 0 Å². The fraction of sp³-hybridized carbons (Fsp3) is 0.900. The number of hydrogen-bond acceptors (Lipinski definition) is 2. The molecule has 1 aliphatic rings. The van der Waals surface area contributed by atoms with Crippen LogP contribution in [0.1, 0.15) is 26.2 Å². The molecule has 0 aromatic heterocycles. The molecule has 1 heterocycles. The Labute approximate surface area is 93.7 Å². The van der Waals surface area contributed by atoms with E-state index in [1.807, 2.05) is 0 Å². The molecule has 0 bridgehead atoms. The van der Waals surface area contributed by atoms with E-state index >= 15 is 0 Å². The molecule has 1 N–H and O–H groups in total. The molecule has 1 atom stereocenters. The van der Waals surface area contributed by atoms with Crippen molar-refractivity contribution in [3.8, 4) is 0 Å². The number of carbonyl (C=O) groups is 1. The maximum Gasteiger partial charge on any atom is 0.221 e. The fourth-order valence-corrected chi connectivity index (χ4v) is 2.11. The number of halogens is 1. The zero-order valence-electron chi connectivity index (χ0n) is 8.59. The van der Waals surface area contributed by atoms with Crippen molar-refractivity contribution >= 4 is 21.8 Å². The highest BCUT2D eigenvalue weighted by Gasteiger charge is 2.21. The molecular formula is C10H18BrNO2. The molecule has 0 radical (unpaired) electrons. The molecular weight excluding hydrogens is 246 g/mol. The van der Waals surface area contributed by atoms with Crippen LogP contribution >= 0.6 is 15.9 Å². The standard InChI is InChI=1S/C10H18BrNO2/c1-8(12-10(13)2-5-11)9-3-6-14-7-4-9/h8-9H,2-7H2,1H3,(H,12,13). The van der Waals surface area contributed by atoms with Gasteiger partial charge in [-0.25, -0.2) is 0 Å². The lowest BCUT2D eigenvalue weighted by Crippen LogP contribution is -2.40. The molecule has 1 unspecified atom stereocenters. The molecule has 0 saturated carbocycles. The number of alkyl halides is 1. The monoisotopic (exact) mass is 263 g/mol. The Kier molecular flexibility index (Phi) is 5.48. The van der Waals surface area contributed by atoms with Crippen LogP contribution in [0.4, 0.5) is 0 Å². The van der Waals surface area contributed by atoms with Crippen molar-refractivity contribution in [3.05, 3.63) is 0 Å². The summed E-state index contributed by atoms with van der Waals surface area (Å²) in [5, 5.41) is 3.76. The molecule has 1 amide bonds. The second-order valence-corrected chi connectivity index (χ2v) is 4.54. The van der Waals surface area contributed by atoms with E-state index in [1.54, 1.807) is 0 Å². The van der Waals surface area contributed by atoms with Gasteiger partial charge in [-0.15, -0.1) is 0 Å². The zero-order valence-corrected chi connectivity index (χ0v) is 10.2. The minimum atomic E-state index is 0.140. The number of hydrogen-bond donors (Lipinski definition) is 1. The summed E-state index contributed by atoms with van der Waals surface area (Å²) in [5.41, 5.74) is 0. The zero-order chi connectivity index (χ0) is 10.4. The van der Waals surface area contributed by atoms with Gasteiger partial charge in [0.2, 0.25) is 5.91 Å². The third-order valence-corrected chi connectivity index (χ3v) is 3.08. The molecule has 1 rings (SSSR count). The third-order valence-electron chi connectivity index (χ3n) is 2.68. The van der Waals surface area contributed by atoms with Gasteiger partial charge >= 0.3 is 0 Å². The van der Waals surface area contributed by atoms with Gasteiger partial charge in [-0.05, 0) is 25.7 Å². The van der Waals surface area contributed by atoms with Gasteiger partial charge < -0.3 is 10.1 Å². The summed E-state index contributed by atoms with van der Waals surface area (Å²) >= 11 is 3.26. The van der Waals surface area contributed by atoms with E-state index < -0.39 is 0 Å². The Morgan fingerprint density at radius 1 is 1.57 bits per heavy atom. The van der Waals surface area contributed by atoms with Gasteiger partial charge in [0.1, 0.15) is 0 Å². The van der Waals surface area contributed by atoms with Crippen molar-refractivity contribution < 1.29 is 9.53 Å². The fourth-order valence-electron chi connectivity index (χ4n) is 1.75. The molecule has 1 saturated heterocycles. The first-order valence-corrected chi connectivity index (χ1v) is 6.29. The maximum absolute atomic E-state index is 11.3. The van der Waals surface area contributed by atoms with Crippen LogP contribution in [0.3, 0.4) is 0 Å². The summed E-state index contributed by atoms with van der Waals surface area (Å²) in [6.45, 7) is 3.76. The Balaban J connectivity index is 2.25. The van der Waals surface area contributed by atoms with Gasteiger partial charge in [0.25, 0.3) is 0 Å². The van der Waals surface area contributed by atoms with Crippen LogP contribution in [-0.2, 0) is 9.53 Å². The van der Waals surface area contributed by atoms with Gasteiger partial charge in [-0.2, -0.15) is 0 Å². The minimum Gasteiger partial charge on any atom is -0.381 e. The molecule has 82 valence electrons. The van der Waals surface area contributed by atoms with Crippen molar-refractivity contribution in [2.75, 3.05) is 18.5 Å². The van der Waals surface area contributed by atoms with Crippen LogP contribution in [0.5, 0.6) is 0 Å². The maximum atomic E-state index is 11.3. The van der Waals surface area contributed by atoms with Gasteiger partial charge in [-0.3, -0.25) is 4.79 Å². The van der Waals surface area contributed by atoms with Gasteiger partial charge in [-0.1, -0.05) is 15.9 Å². The van der Waals surface area contributed by atoms with Gasteiger partial charge in [0.15, 0.2) is 0 Å². The second-order valence-electron chi connectivity index (χ2n) is 3.74. The molecule has 0 spiro atoms. The number of nitrogens with one attached hydrogen (secondary N) is 1. The Bertz CT molecular complexity index is 181. The molecule has 0 aromatic carbocycles. The lowest BCUT2D eigenvalue weighted by molar-refractivity contribution is -0.121. The number of amides is 1. The Morgan fingerprint density at radius 3 is 2.79 bits per heavy atom. The van der Waals surface area contributed by atoms with E-state index in [9.17, 15) is 4.79 Å². The van der Waals surface area contributed by atoms with E-state index in [2.05, 4.69) is 28.2 Å². The first kappa shape index (κ1) is 12.0. The van der Waals surface area contributed by atoms with Gasteiger partial charge in [0.05, 0.1) is 0 Å². The first-order chi connectivity index (χ1) is 6.74. The summed E-state index contributed by atoms with van der Waals surface area (Å²) in [6, 6.07) is 0.283. The van der Waals surface area contributed by atoms with E-state index in [-0.39, 0.29) is 11.9 Å². The Hall–Kier alpha value is -0.0900. The highest BCUT2D eigenvalue weighted by Crippen LogP contribution is 2.18. The third kappa shape index (κ3) is 3.96. The van der Waals surface area contributed by atoms with Crippen molar-refractivity contribution in [1.82, 2.24) is 5.32 Å². The minimum absolute atomic E-state index is 0.140. The van der Waals surface area contributed by atoms with E-state index in [4.69, 9.17) is 4.74 Å². The van der Waals surface area contributed by atoms with Crippen LogP contribution in [0.2, 0.25) is 0 Å². The van der Waals surface area contributed by atoms with E-state index in [1.165, 1.54) is 0 Å². The summed E-state index contributed by atoms with van der Waals surface area (Å²) < 4.78 is 5.28. The highest BCUT2D eigenvalue weighted by molar-refractivity contribution is 9.09. The molecule has 4 heteroatoms. The quantitative estimate of drug-likeness (QED) is 0.785. The lowest BCUT2D eigenvalue weighted by Gasteiger charge is -2.28. The molecule has 1 aliphatic heterocycles. The smallest absolute Gasteiger partial charge is 0.221 e. The van der Waals surface area contributed by atoms with Crippen molar-refractivity contribution in [2.45, 2.75) is 32.2 Å². The van der Waals surface area contributed by atoms with Crippen molar-refractivity contribution in [3.63, 3.8) is 0 Å². The Morgan fingerprint density at radius 2 is 2.21 bits per heavy atom. The van der Waals surface area contributed by atoms with Crippen LogP contribution in [0, 0.1) is 5.92 Å². The number of rotatable bonds is 4. The first-order valence-electron chi connectivity index (χ1n) is 5.17. The molecule has 14 heavy (non-hydrogen) atoms. The average Bonchev–Trinajstić information content (AvgIpc) is 2.19. The summed E-state index contributed by atoms with van der Waals surface area (Å²) in [7, 11) is 0. The van der Waals surface area contributed by atoms with Gasteiger partial charge in [0, 0.05) is 31.0 Å². The predicted octanol–water partition coefficient (Wildman–Crippen LogP) is 1.70. The second kappa shape index (κ2) is 6.40. The molecule has 3 nitrogen and oxygen atoms in total. The molecule has 0 aromatic rings. The summed E-state index contributed by atoms with van der Waals surface area (Å²) in [4.78, 5) is 11.3. The number of ether oxygens (including phenoxy) is 1. The van der Waals surface area contributed by atoms with Crippen molar-refractivity contribution in [1.29, 1.82) is 0 Å².